The lowest BCUT2D eigenvalue weighted by Crippen LogP contribution is -2.08. The third-order valence-electron chi connectivity index (χ3n) is 3.52. The second-order valence-corrected chi connectivity index (χ2v) is 5.40. The summed E-state index contributed by atoms with van der Waals surface area (Å²) in [4.78, 5) is 23.1. The quantitative estimate of drug-likeness (QED) is 0.521. The molecule has 4 heteroatoms. The molecule has 4 nitrogen and oxygen atoms in total. The number of carbonyl (C=O) groups is 2. The Morgan fingerprint density at radius 1 is 0.640 bits per heavy atom. The number of ether oxygens (including phenoxy) is 2. The van der Waals surface area contributed by atoms with Gasteiger partial charge in [-0.1, -0.05) is 42.5 Å². The maximum absolute atomic E-state index is 12.1. The molecule has 0 atom stereocenters. The Morgan fingerprint density at radius 2 is 1.16 bits per heavy atom. The van der Waals surface area contributed by atoms with Gasteiger partial charge in [0.2, 0.25) is 0 Å². The molecule has 3 rings (SSSR count). The van der Waals surface area contributed by atoms with Gasteiger partial charge in [-0.05, 0) is 47.5 Å². The average molecular weight is 332 g/mol. The highest BCUT2D eigenvalue weighted by Gasteiger charge is 2.09. The van der Waals surface area contributed by atoms with Gasteiger partial charge in [0.15, 0.2) is 0 Å². The summed E-state index contributed by atoms with van der Waals surface area (Å²) in [5, 5.41) is 0. The monoisotopic (exact) mass is 332 g/mol. The third-order valence-corrected chi connectivity index (χ3v) is 3.52. The van der Waals surface area contributed by atoms with Gasteiger partial charge in [0.25, 0.3) is 0 Å². The van der Waals surface area contributed by atoms with Crippen molar-refractivity contribution >= 4 is 11.9 Å². The van der Waals surface area contributed by atoms with Crippen molar-refractivity contribution < 1.29 is 19.1 Å². The van der Waals surface area contributed by atoms with E-state index < -0.39 is 5.97 Å². The lowest BCUT2D eigenvalue weighted by Gasteiger charge is -2.06. The Bertz CT molecular complexity index is 866. The number of rotatable bonds is 4. The van der Waals surface area contributed by atoms with Gasteiger partial charge in [-0.25, -0.2) is 4.79 Å². The average Bonchev–Trinajstić information content (AvgIpc) is 2.63. The van der Waals surface area contributed by atoms with Gasteiger partial charge >= 0.3 is 11.9 Å². The summed E-state index contributed by atoms with van der Waals surface area (Å²) in [5.41, 5.74) is 2.38. The highest BCUT2D eigenvalue weighted by atomic mass is 16.5. The van der Waals surface area contributed by atoms with Crippen LogP contribution in [-0.2, 0) is 4.79 Å². The molecule has 0 N–H and O–H groups in total. The van der Waals surface area contributed by atoms with Crippen LogP contribution in [0.25, 0.3) is 11.1 Å². The molecule has 0 bridgehead atoms. The first-order valence-electron chi connectivity index (χ1n) is 7.78. The van der Waals surface area contributed by atoms with Gasteiger partial charge in [-0.15, -0.1) is 0 Å². The van der Waals surface area contributed by atoms with Gasteiger partial charge in [0.05, 0.1) is 5.56 Å². The van der Waals surface area contributed by atoms with Crippen molar-refractivity contribution in [1.29, 1.82) is 0 Å². The SMILES string of the molecule is CC(=O)Oc1ccc(-c2ccc(C(=O)Oc3ccccc3)cc2)cc1. The molecule has 25 heavy (non-hydrogen) atoms. The normalized spacial score (nSPS) is 10.1. The Morgan fingerprint density at radius 3 is 1.72 bits per heavy atom. The molecule has 0 saturated heterocycles. The maximum atomic E-state index is 12.1. The van der Waals surface area contributed by atoms with Crippen molar-refractivity contribution in [2.45, 2.75) is 6.92 Å². The number of hydrogen-bond acceptors (Lipinski definition) is 4. The van der Waals surface area contributed by atoms with Crippen LogP contribution in [0.4, 0.5) is 0 Å². The van der Waals surface area contributed by atoms with Crippen LogP contribution in [0.1, 0.15) is 17.3 Å². The zero-order valence-electron chi connectivity index (χ0n) is 13.6. The smallest absolute Gasteiger partial charge is 0.343 e. The molecule has 0 aliphatic rings. The molecule has 0 heterocycles. The zero-order chi connectivity index (χ0) is 17.6. The van der Waals surface area contributed by atoms with E-state index in [-0.39, 0.29) is 5.97 Å². The van der Waals surface area contributed by atoms with Crippen molar-refractivity contribution in [3.05, 3.63) is 84.4 Å². The first-order chi connectivity index (χ1) is 12.1. The molecule has 0 aliphatic carbocycles. The molecule has 0 fully saturated rings. The fourth-order valence-electron chi connectivity index (χ4n) is 2.33. The lowest BCUT2D eigenvalue weighted by molar-refractivity contribution is -0.131. The summed E-state index contributed by atoms with van der Waals surface area (Å²) < 4.78 is 10.3. The Kier molecular flexibility index (Phi) is 4.90. The summed E-state index contributed by atoms with van der Waals surface area (Å²) in [7, 11) is 0. The molecule has 0 unspecified atom stereocenters. The highest BCUT2D eigenvalue weighted by Crippen LogP contribution is 2.23. The number of carbonyl (C=O) groups excluding carboxylic acids is 2. The van der Waals surface area contributed by atoms with Crippen LogP contribution >= 0.6 is 0 Å². The van der Waals surface area contributed by atoms with Crippen molar-refractivity contribution in [3.63, 3.8) is 0 Å². The number of benzene rings is 3. The van der Waals surface area contributed by atoms with Gasteiger partial charge in [-0.3, -0.25) is 4.79 Å². The second-order valence-electron chi connectivity index (χ2n) is 5.40. The van der Waals surface area contributed by atoms with Crippen LogP contribution < -0.4 is 9.47 Å². The molecule has 0 saturated carbocycles. The molecule has 0 radical (unpaired) electrons. The van der Waals surface area contributed by atoms with E-state index in [1.54, 1.807) is 36.4 Å². The summed E-state index contributed by atoms with van der Waals surface area (Å²) in [6, 6.07) is 23.3. The second kappa shape index (κ2) is 7.45. The standard InChI is InChI=1S/C21H16O4/c1-15(22)24-20-13-11-17(12-14-20)16-7-9-18(10-8-16)21(23)25-19-5-3-2-4-6-19/h2-14H,1H3. The predicted molar refractivity (Wildman–Crippen MR) is 94.6 cm³/mol. The van der Waals surface area contributed by atoms with E-state index in [0.717, 1.165) is 11.1 Å². The van der Waals surface area contributed by atoms with Crippen LogP contribution in [0.5, 0.6) is 11.5 Å². The Balaban J connectivity index is 1.71. The summed E-state index contributed by atoms with van der Waals surface area (Å²) in [6.07, 6.45) is 0. The van der Waals surface area contributed by atoms with E-state index in [2.05, 4.69) is 0 Å². The van der Waals surface area contributed by atoms with Crippen LogP contribution in [0.3, 0.4) is 0 Å². The van der Waals surface area contributed by atoms with E-state index in [1.807, 2.05) is 42.5 Å². The van der Waals surface area contributed by atoms with Crippen LogP contribution in [-0.4, -0.2) is 11.9 Å². The molecule has 124 valence electrons. The van der Waals surface area contributed by atoms with E-state index in [0.29, 0.717) is 17.1 Å². The Hall–Kier alpha value is -3.40. The van der Waals surface area contributed by atoms with Crippen molar-refractivity contribution in [1.82, 2.24) is 0 Å². The fraction of sp³-hybridized carbons (Fsp3) is 0.0476. The van der Waals surface area contributed by atoms with Crippen molar-refractivity contribution in [2.75, 3.05) is 0 Å². The minimum Gasteiger partial charge on any atom is -0.427 e. The molecule has 3 aromatic rings. The van der Waals surface area contributed by atoms with E-state index in [4.69, 9.17) is 9.47 Å². The minimum atomic E-state index is -0.400. The van der Waals surface area contributed by atoms with Crippen molar-refractivity contribution in [3.8, 4) is 22.6 Å². The van der Waals surface area contributed by atoms with Gasteiger partial charge in [0, 0.05) is 6.92 Å². The first kappa shape index (κ1) is 16.5. The largest absolute Gasteiger partial charge is 0.427 e. The molecule has 0 amide bonds. The zero-order valence-corrected chi connectivity index (χ0v) is 13.6. The molecule has 3 aromatic carbocycles. The topological polar surface area (TPSA) is 52.6 Å². The van der Waals surface area contributed by atoms with E-state index in [9.17, 15) is 9.59 Å². The highest BCUT2D eigenvalue weighted by molar-refractivity contribution is 5.91. The first-order valence-corrected chi connectivity index (χ1v) is 7.78. The lowest BCUT2D eigenvalue weighted by atomic mass is 10.0. The third kappa shape index (κ3) is 4.32. The predicted octanol–water partition coefficient (Wildman–Crippen LogP) is 4.50. The number of para-hydroxylation sites is 1. The number of esters is 2. The molecular formula is C21H16O4. The van der Waals surface area contributed by atoms with Crippen LogP contribution in [0, 0.1) is 0 Å². The molecule has 0 aliphatic heterocycles. The summed E-state index contributed by atoms with van der Waals surface area (Å²) >= 11 is 0. The Labute approximate surface area is 145 Å². The van der Waals surface area contributed by atoms with Gasteiger partial charge < -0.3 is 9.47 Å². The molecular weight excluding hydrogens is 316 g/mol. The van der Waals surface area contributed by atoms with E-state index in [1.165, 1.54) is 6.92 Å². The van der Waals surface area contributed by atoms with Crippen molar-refractivity contribution in [2.24, 2.45) is 0 Å². The minimum absolute atomic E-state index is 0.353. The van der Waals surface area contributed by atoms with Gasteiger partial charge in [-0.2, -0.15) is 0 Å². The number of hydrogen-bond donors (Lipinski definition) is 0. The molecule has 0 spiro atoms. The molecule has 0 aromatic heterocycles. The maximum Gasteiger partial charge on any atom is 0.343 e. The van der Waals surface area contributed by atoms with Crippen LogP contribution in [0.2, 0.25) is 0 Å². The van der Waals surface area contributed by atoms with Gasteiger partial charge in [0.1, 0.15) is 11.5 Å². The van der Waals surface area contributed by atoms with Crippen LogP contribution in [0.15, 0.2) is 78.9 Å². The summed E-state index contributed by atoms with van der Waals surface area (Å²) in [5.74, 6) is 0.258. The fourth-order valence-corrected chi connectivity index (χ4v) is 2.33. The van der Waals surface area contributed by atoms with E-state index >= 15 is 0 Å². The summed E-state index contributed by atoms with van der Waals surface area (Å²) in [6.45, 7) is 1.36.